The molecule has 0 aliphatic heterocycles. The maximum atomic E-state index is 11.5. The van der Waals surface area contributed by atoms with Gasteiger partial charge in [-0.05, 0) is 23.8 Å². The Morgan fingerprint density at radius 3 is 2.83 bits per heavy atom. The van der Waals surface area contributed by atoms with Crippen LogP contribution in [0.4, 0.5) is 0 Å². The van der Waals surface area contributed by atoms with Crippen LogP contribution in [0.3, 0.4) is 0 Å². The average Bonchev–Trinajstić information content (AvgIpc) is 2.89. The summed E-state index contributed by atoms with van der Waals surface area (Å²) in [5.74, 6) is 0.0218. The second kappa shape index (κ2) is 5.67. The minimum absolute atomic E-state index is 0.183. The van der Waals surface area contributed by atoms with Crippen molar-refractivity contribution < 1.29 is 9.90 Å². The number of rotatable bonds is 4. The number of aromatic hydroxyl groups is 1. The highest BCUT2D eigenvalue weighted by atomic mass is 16.3. The smallest absolute Gasteiger partial charge is 0.244 e. The zero-order valence-electron chi connectivity index (χ0n) is 9.63. The zero-order chi connectivity index (χ0) is 12.8. The fourth-order valence-corrected chi connectivity index (χ4v) is 1.38. The van der Waals surface area contributed by atoms with Crippen molar-refractivity contribution in [3.63, 3.8) is 0 Å². The van der Waals surface area contributed by atoms with Crippen LogP contribution in [-0.2, 0) is 11.3 Å². The van der Waals surface area contributed by atoms with Gasteiger partial charge in [0.05, 0.1) is 18.6 Å². The second-order valence-corrected chi connectivity index (χ2v) is 3.72. The Bertz CT molecular complexity index is 530. The van der Waals surface area contributed by atoms with E-state index in [9.17, 15) is 4.79 Å². The molecular formula is C13H13N3O2. The van der Waals surface area contributed by atoms with E-state index in [-0.39, 0.29) is 11.7 Å². The van der Waals surface area contributed by atoms with E-state index in [1.54, 1.807) is 42.9 Å². The third-order valence-electron chi connectivity index (χ3n) is 2.33. The third-order valence-corrected chi connectivity index (χ3v) is 2.33. The molecule has 2 rings (SSSR count). The van der Waals surface area contributed by atoms with Gasteiger partial charge in [0, 0.05) is 12.3 Å². The molecule has 0 unspecified atom stereocenters. The Morgan fingerprint density at radius 1 is 1.39 bits per heavy atom. The lowest BCUT2D eigenvalue weighted by Gasteiger charge is -1.99. The van der Waals surface area contributed by atoms with Gasteiger partial charge in [0.1, 0.15) is 5.75 Å². The Hall–Kier alpha value is -2.56. The highest BCUT2D eigenvalue weighted by molar-refractivity contribution is 5.91. The Morgan fingerprint density at radius 2 is 2.17 bits per heavy atom. The van der Waals surface area contributed by atoms with E-state index in [1.165, 1.54) is 6.08 Å². The summed E-state index contributed by atoms with van der Waals surface area (Å²) in [4.78, 5) is 18.2. The summed E-state index contributed by atoms with van der Waals surface area (Å²) in [6.07, 6.45) is 6.35. The maximum Gasteiger partial charge on any atom is 0.244 e. The van der Waals surface area contributed by atoms with Gasteiger partial charge in [-0.1, -0.05) is 12.1 Å². The molecule has 0 aliphatic rings. The molecule has 1 heterocycles. The molecule has 5 heteroatoms. The molecule has 0 saturated carbocycles. The van der Waals surface area contributed by atoms with Gasteiger partial charge >= 0.3 is 0 Å². The van der Waals surface area contributed by atoms with Crippen molar-refractivity contribution in [2.75, 3.05) is 0 Å². The molecular weight excluding hydrogens is 230 g/mol. The summed E-state index contributed by atoms with van der Waals surface area (Å²) in [6, 6.07) is 6.60. The molecule has 0 saturated heterocycles. The van der Waals surface area contributed by atoms with Crippen LogP contribution >= 0.6 is 0 Å². The first-order valence-corrected chi connectivity index (χ1v) is 5.46. The van der Waals surface area contributed by atoms with E-state index < -0.39 is 0 Å². The molecule has 18 heavy (non-hydrogen) atoms. The topological polar surface area (TPSA) is 78.0 Å². The van der Waals surface area contributed by atoms with Crippen LogP contribution in [-0.4, -0.2) is 21.0 Å². The van der Waals surface area contributed by atoms with Crippen molar-refractivity contribution in [1.29, 1.82) is 0 Å². The molecule has 0 fully saturated rings. The lowest BCUT2D eigenvalue weighted by molar-refractivity contribution is -0.116. The number of nitrogens with one attached hydrogen (secondary N) is 2. The lowest BCUT2D eigenvalue weighted by Crippen LogP contribution is -2.20. The van der Waals surface area contributed by atoms with E-state index >= 15 is 0 Å². The lowest BCUT2D eigenvalue weighted by atomic mass is 10.2. The number of H-pyrrole nitrogens is 1. The number of hydrogen-bond acceptors (Lipinski definition) is 3. The number of aromatic amines is 1. The van der Waals surface area contributed by atoms with Crippen LogP contribution in [0.15, 0.2) is 42.9 Å². The van der Waals surface area contributed by atoms with Crippen molar-refractivity contribution in [2.45, 2.75) is 6.54 Å². The van der Waals surface area contributed by atoms with Gasteiger partial charge in [-0.25, -0.2) is 4.98 Å². The Kier molecular flexibility index (Phi) is 3.76. The number of amides is 1. The standard InChI is InChI=1S/C13H13N3O2/c17-12-4-1-10(2-5-12)3-6-13(18)15-8-11-7-14-9-16-11/h1-7,9,17H,8H2,(H,14,16)(H,15,18). The van der Waals surface area contributed by atoms with Crippen LogP contribution in [0.1, 0.15) is 11.3 Å². The molecule has 92 valence electrons. The predicted molar refractivity (Wildman–Crippen MR) is 67.6 cm³/mol. The van der Waals surface area contributed by atoms with Gasteiger partial charge in [-0.3, -0.25) is 4.79 Å². The zero-order valence-corrected chi connectivity index (χ0v) is 9.63. The summed E-state index contributed by atoms with van der Waals surface area (Å²) in [5, 5.41) is 11.8. The number of phenols is 1. The molecule has 2 aromatic rings. The SMILES string of the molecule is O=C(C=Cc1ccc(O)cc1)NCc1cnc[nH]1. The third kappa shape index (κ3) is 3.48. The van der Waals surface area contributed by atoms with Gasteiger partial charge in [0.15, 0.2) is 0 Å². The van der Waals surface area contributed by atoms with Crippen molar-refractivity contribution in [1.82, 2.24) is 15.3 Å². The monoisotopic (exact) mass is 243 g/mol. The van der Waals surface area contributed by atoms with E-state index in [0.717, 1.165) is 11.3 Å². The maximum absolute atomic E-state index is 11.5. The fraction of sp³-hybridized carbons (Fsp3) is 0.0769. The minimum atomic E-state index is -0.183. The summed E-state index contributed by atoms with van der Waals surface area (Å²) in [5.41, 5.74) is 1.70. The number of carbonyl (C=O) groups excluding carboxylic acids is 1. The molecule has 0 aliphatic carbocycles. The molecule has 1 aromatic carbocycles. The fourth-order valence-electron chi connectivity index (χ4n) is 1.38. The van der Waals surface area contributed by atoms with Gasteiger partial charge in [-0.15, -0.1) is 0 Å². The highest BCUT2D eigenvalue weighted by Crippen LogP contribution is 2.10. The van der Waals surface area contributed by atoms with Gasteiger partial charge < -0.3 is 15.4 Å². The summed E-state index contributed by atoms with van der Waals surface area (Å²) >= 11 is 0. The average molecular weight is 243 g/mol. The molecule has 0 spiro atoms. The highest BCUT2D eigenvalue weighted by Gasteiger charge is 1.97. The van der Waals surface area contributed by atoms with Crippen LogP contribution < -0.4 is 5.32 Å². The van der Waals surface area contributed by atoms with Gasteiger partial charge in [0.25, 0.3) is 0 Å². The minimum Gasteiger partial charge on any atom is -0.508 e. The van der Waals surface area contributed by atoms with E-state index in [2.05, 4.69) is 15.3 Å². The molecule has 0 radical (unpaired) electrons. The number of benzene rings is 1. The number of nitrogens with zero attached hydrogens (tertiary/aromatic N) is 1. The molecule has 0 atom stereocenters. The van der Waals surface area contributed by atoms with Crippen LogP contribution in [0, 0.1) is 0 Å². The molecule has 3 N–H and O–H groups in total. The van der Waals surface area contributed by atoms with Gasteiger partial charge in [-0.2, -0.15) is 0 Å². The molecule has 1 aromatic heterocycles. The van der Waals surface area contributed by atoms with Crippen molar-refractivity contribution >= 4 is 12.0 Å². The molecule has 0 bridgehead atoms. The first-order chi connectivity index (χ1) is 8.74. The predicted octanol–water partition coefficient (Wildman–Crippen LogP) is 1.44. The molecule has 5 nitrogen and oxygen atoms in total. The molecule has 1 amide bonds. The number of aromatic nitrogens is 2. The Labute approximate surface area is 104 Å². The normalized spacial score (nSPS) is 10.7. The first kappa shape index (κ1) is 11.9. The summed E-state index contributed by atoms with van der Waals surface area (Å²) in [7, 11) is 0. The summed E-state index contributed by atoms with van der Waals surface area (Å²) in [6.45, 7) is 0.415. The van der Waals surface area contributed by atoms with Gasteiger partial charge in [0.2, 0.25) is 5.91 Å². The van der Waals surface area contributed by atoms with Crippen LogP contribution in [0.5, 0.6) is 5.75 Å². The quantitative estimate of drug-likeness (QED) is 0.711. The van der Waals surface area contributed by atoms with Crippen molar-refractivity contribution in [2.24, 2.45) is 0 Å². The van der Waals surface area contributed by atoms with E-state index in [4.69, 9.17) is 5.11 Å². The van der Waals surface area contributed by atoms with E-state index in [1.807, 2.05) is 0 Å². The Balaban J connectivity index is 1.85. The number of carbonyl (C=O) groups is 1. The van der Waals surface area contributed by atoms with Crippen molar-refractivity contribution in [3.05, 3.63) is 54.1 Å². The number of phenolic OH excluding ortho intramolecular Hbond substituents is 1. The largest absolute Gasteiger partial charge is 0.508 e. The number of hydrogen-bond donors (Lipinski definition) is 3. The van der Waals surface area contributed by atoms with Crippen LogP contribution in [0.25, 0.3) is 6.08 Å². The summed E-state index contributed by atoms with van der Waals surface area (Å²) < 4.78 is 0. The second-order valence-electron chi connectivity index (χ2n) is 3.72. The van der Waals surface area contributed by atoms with E-state index in [0.29, 0.717) is 6.54 Å². The van der Waals surface area contributed by atoms with Crippen LogP contribution in [0.2, 0.25) is 0 Å². The number of imidazole rings is 1. The van der Waals surface area contributed by atoms with Crippen molar-refractivity contribution in [3.8, 4) is 5.75 Å². The first-order valence-electron chi connectivity index (χ1n) is 5.46.